The molecule has 0 bridgehead atoms. The number of hydrogen-bond acceptors (Lipinski definition) is 2. The molecule has 1 N–H and O–H groups in total. The lowest BCUT2D eigenvalue weighted by Crippen LogP contribution is -1.97. The normalized spacial score (nSPS) is 13.6. The fourth-order valence-electron chi connectivity index (χ4n) is 1.66. The van der Waals surface area contributed by atoms with E-state index in [4.69, 9.17) is 0 Å². The molecule has 90 valence electrons. The van der Waals surface area contributed by atoms with Crippen LogP contribution in [0.4, 0.5) is 0 Å². The number of aryl methyl sites for hydroxylation is 1. The molecule has 0 aliphatic heterocycles. The first-order valence-electron chi connectivity index (χ1n) is 5.63. The minimum Gasteiger partial charge on any atom is -0.359 e. The number of ketones is 2. The summed E-state index contributed by atoms with van der Waals surface area (Å²) in [7, 11) is 0. The van der Waals surface area contributed by atoms with E-state index in [0.717, 1.165) is 0 Å². The zero-order chi connectivity index (χ0) is 13.0. The number of rotatable bonds is 0. The summed E-state index contributed by atoms with van der Waals surface area (Å²) >= 11 is 0. The van der Waals surface area contributed by atoms with Crippen molar-refractivity contribution >= 4 is 22.5 Å². The average Bonchev–Trinajstić information content (AvgIpc) is 2.74. The number of benzene rings is 1. The molecule has 0 atom stereocenters. The quantitative estimate of drug-likeness (QED) is 0.718. The lowest BCUT2D eigenvalue weighted by atomic mass is 10.2. The Morgan fingerprint density at radius 1 is 0.889 bits per heavy atom. The number of carbonyl (C=O) groups excluding carboxylic acids is 2. The van der Waals surface area contributed by atoms with Crippen LogP contribution in [0.15, 0.2) is 54.6 Å². The van der Waals surface area contributed by atoms with Crippen LogP contribution in [0.5, 0.6) is 0 Å². The highest BCUT2D eigenvalue weighted by atomic mass is 16.1. The minimum atomic E-state index is -0.121. The lowest BCUT2D eigenvalue weighted by Gasteiger charge is -1.87. The van der Waals surface area contributed by atoms with Gasteiger partial charge in [0.05, 0.1) is 0 Å². The summed E-state index contributed by atoms with van der Waals surface area (Å²) in [5.41, 5.74) is 2.45. The summed E-state index contributed by atoms with van der Waals surface area (Å²) < 4.78 is 0. The molecule has 0 fully saturated rings. The van der Waals surface area contributed by atoms with Crippen molar-refractivity contribution in [2.75, 3.05) is 0 Å². The zero-order valence-electron chi connectivity index (χ0n) is 10.0. The van der Waals surface area contributed by atoms with Crippen LogP contribution in [0, 0.1) is 6.92 Å². The molecule has 1 heterocycles. The van der Waals surface area contributed by atoms with E-state index >= 15 is 0 Å². The molecule has 0 radical (unpaired) electrons. The molecule has 2 aromatic rings. The summed E-state index contributed by atoms with van der Waals surface area (Å²) in [6, 6.07) is 10.4. The van der Waals surface area contributed by atoms with Crippen molar-refractivity contribution in [1.82, 2.24) is 4.98 Å². The standard InChI is InChI=1S/C9H9N.C6H4O2/c1-7-6-8-4-2-3-5-9(8)10-7;7-5-1-2-6(8)4-3-5/h2-6,10H,1H3;1-4H. The van der Waals surface area contributed by atoms with Crippen molar-refractivity contribution in [3.8, 4) is 0 Å². The number of carbonyl (C=O) groups is 2. The van der Waals surface area contributed by atoms with E-state index in [0.29, 0.717) is 0 Å². The lowest BCUT2D eigenvalue weighted by molar-refractivity contribution is -0.113. The first-order chi connectivity index (χ1) is 8.65. The molecule has 0 unspecified atom stereocenters. The van der Waals surface area contributed by atoms with Gasteiger partial charge in [0.2, 0.25) is 0 Å². The van der Waals surface area contributed by atoms with Gasteiger partial charge >= 0.3 is 0 Å². The van der Waals surface area contributed by atoms with Gasteiger partial charge in [0.15, 0.2) is 11.6 Å². The monoisotopic (exact) mass is 239 g/mol. The van der Waals surface area contributed by atoms with Gasteiger partial charge in [-0.25, -0.2) is 0 Å². The van der Waals surface area contributed by atoms with E-state index in [1.165, 1.54) is 40.9 Å². The number of fused-ring (bicyclic) bond motifs is 1. The van der Waals surface area contributed by atoms with Crippen LogP contribution in [0.3, 0.4) is 0 Å². The number of aromatic nitrogens is 1. The number of nitrogens with one attached hydrogen (secondary N) is 1. The third kappa shape index (κ3) is 3.04. The number of aromatic amines is 1. The number of allylic oxidation sites excluding steroid dienone is 4. The van der Waals surface area contributed by atoms with E-state index in [1.54, 1.807) is 0 Å². The molecule has 0 amide bonds. The van der Waals surface area contributed by atoms with E-state index in [-0.39, 0.29) is 11.6 Å². The molecule has 3 rings (SSSR count). The maximum atomic E-state index is 10.3. The topological polar surface area (TPSA) is 49.9 Å². The molecule has 0 saturated heterocycles. The SMILES string of the molecule is Cc1cc2ccccc2[nH]1.O=C1C=CC(=O)C=C1. The van der Waals surface area contributed by atoms with Crippen LogP contribution < -0.4 is 0 Å². The second-order valence-electron chi connectivity index (χ2n) is 4.01. The van der Waals surface area contributed by atoms with Gasteiger partial charge in [-0.2, -0.15) is 0 Å². The van der Waals surface area contributed by atoms with Crippen molar-refractivity contribution in [3.63, 3.8) is 0 Å². The van der Waals surface area contributed by atoms with E-state index in [2.05, 4.69) is 36.2 Å². The molecule has 3 heteroatoms. The van der Waals surface area contributed by atoms with Crippen molar-refractivity contribution in [2.24, 2.45) is 0 Å². The molecule has 1 aromatic heterocycles. The van der Waals surface area contributed by atoms with Gasteiger partial charge in [0, 0.05) is 11.2 Å². The van der Waals surface area contributed by atoms with Gasteiger partial charge in [0.25, 0.3) is 0 Å². The Hall–Kier alpha value is -2.42. The van der Waals surface area contributed by atoms with Gasteiger partial charge in [-0.05, 0) is 48.7 Å². The molecule has 0 saturated carbocycles. The van der Waals surface area contributed by atoms with Crippen molar-refractivity contribution < 1.29 is 9.59 Å². The highest BCUT2D eigenvalue weighted by Gasteiger charge is 1.98. The molecule has 1 aliphatic rings. The van der Waals surface area contributed by atoms with E-state index in [9.17, 15) is 9.59 Å². The Morgan fingerprint density at radius 3 is 2.00 bits per heavy atom. The Kier molecular flexibility index (Phi) is 3.53. The second kappa shape index (κ2) is 5.27. The molecular weight excluding hydrogens is 226 g/mol. The van der Waals surface area contributed by atoms with Crippen LogP contribution in [0.1, 0.15) is 5.69 Å². The number of para-hydroxylation sites is 1. The summed E-state index contributed by atoms with van der Waals surface area (Å²) in [6.45, 7) is 2.07. The molecule has 18 heavy (non-hydrogen) atoms. The predicted molar refractivity (Wildman–Crippen MR) is 71.3 cm³/mol. The second-order valence-corrected chi connectivity index (χ2v) is 4.01. The highest BCUT2D eigenvalue weighted by molar-refractivity contribution is 6.14. The summed E-state index contributed by atoms with van der Waals surface area (Å²) in [5, 5.41) is 1.29. The van der Waals surface area contributed by atoms with Gasteiger partial charge < -0.3 is 4.98 Å². The van der Waals surface area contributed by atoms with E-state index in [1.807, 2.05) is 6.07 Å². The first kappa shape index (κ1) is 12.0. The summed E-state index contributed by atoms with van der Waals surface area (Å²) in [5.74, 6) is -0.241. The van der Waals surface area contributed by atoms with Crippen LogP contribution in [-0.4, -0.2) is 16.6 Å². The van der Waals surface area contributed by atoms with Crippen LogP contribution in [0.25, 0.3) is 10.9 Å². The summed E-state index contributed by atoms with van der Waals surface area (Å²) in [6.07, 6.45) is 5.01. The largest absolute Gasteiger partial charge is 0.359 e. The third-order valence-corrected chi connectivity index (χ3v) is 2.49. The van der Waals surface area contributed by atoms with Gasteiger partial charge in [0.1, 0.15) is 0 Å². The Balaban J connectivity index is 0.000000138. The Labute approximate surface area is 105 Å². The van der Waals surface area contributed by atoms with Gasteiger partial charge in [-0.3, -0.25) is 9.59 Å². The third-order valence-electron chi connectivity index (χ3n) is 2.49. The molecule has 3 nitrogen and oxygen atoms in total. The van der Waals surface area contributed by atoms with Crippen LogP contribution in [0.2, 0.25) is 0 Å². The smallest absolute Gasteiger partial charge is 0.178 e. The molecule has 1 aliphatic carbocycles. The fraction of sp³-hybridized carbons (Fsp3) is 0.0667. The minimum absolute atomic E-state index is 0.121. The predicted octanol–water partition coefficient (Wildman–Crippen LogP) is 2.73. The first-order valence-corrected chi connectivity index (χ1v) is 5.63. The van der Waals surface area contributed by atoms with Crippen molar-refractivity contribution in [3.05, 3.63) is 60.3 Å². The van der Waals surface area contributed by atoms with Gasteiger partial charge in [-0.1, -0.05) is 18.2 Å². The Bertz CT molecular complexity index is 576. The Morgan fingerprint density at radius 2 is 1.44 bits per heavy atom. The maximum absolute atomic E-state index is 10.3. The van der Waals surface area contributed by atoms with Gasteiger partial charge in [-0.15, -0.1) is 0 Å². The molecule has 1 aromatic carbocycles. The van der Waals surface area contributed by atoms with Crippen LogP contribution in [-0.2, 0) is 9.59 Å². The average molecular weight is 239 g/mol. The highest BCUT2D eigenvalue weighted by Crippen LogP contribution is 2.12. The molecular formula is C15H13NO2. The van der Waals surface area contributed by atoms with Crippen molar-refractivity contribution in [1.29, 1.82) is 0 Å². The zero-order valence-corrected chi connectivity index (χ0v) is 10.0. The van der Waals surface area contributed by atoms with Crippen molar-refractivity contribution in [2.45, 2.75) is 6.92 Å². The van der Waals surface area contributed by atoms with Crippen LogP contribution >= 0.6 is 0 Å². The fourth-order valence-corrected chi connectivity index (χ4v) is 1.66. The van der Waals surface area contributed by atoms with E-state index < -0.39 is 0 Å². The maximum Gasteiger partial charge on any atom is 0.178 e. The summed E-state index contributed by atoms with van der Waals surface area (Å²) in [4.78, 5) is 23.8. The number of hydrogen-bond donors (Lipinski definition) is 1. The molecule has 0 spiro atoms. The number of H-pyrrole nitrogens is 1.